The molecular formula is C24H17N5O2. The Morgan fingerprint density at radius 2 is 1.42 bits per heavy atom. The molecule has 3 aromatic carbocycles. The van der Waals surface area contributed by atoms with E-state index in [2.05, 4.69) is 15.1 Å². The van der Waals surface area contributed by atoms with E-state index in [9.17, 15) is 10.2 Å². The molecule has 0 saturated carbocycles. The first-order valence-corrected chi connectivity index (χ1v) is 9.61. The van der Waals surface area contributed by atoms with Gasteiger partial charge in [-0.05, 0) is 65.7 Å². The van der Waals surface area contributed by atoms with E-state index >= 15 is 0 Å². The minimum absolute atomic E-state index is 0.200. The Labute approximate surface area is 177 Å². The largest absolute Gasteiger partial charge is 0.508 e. The molecule has 0 spiro atoms. The van der Waals surface area contributed by atoms with Crippen LogP contribution >= 0.6 is 0 Å². The smallest absolute Gasteiger partial charge is 0.269 e. The zero-order chi connectivity index (χ0) is 21.2. The number of hydrogen-bond acceptors (Lipinski definition) is 6. The van der Waals surface area contributed by atoms with Crippen molar-refractivity contribution in [1.82, 2.24) is 19.6 Å². The van der Waals surface area contributed by atoms with Crippen LogP contribution in [-0.4, -0.2) is 36.0 Å². The summed E-state index contributed by atoms with van der Waals surface area (Å²) in [5.41, 5.74) is 3.22. The number of rotatable bonds is 4. The van der Waals surface area contributed by atoms with Gasteiger partial charge in [-0.15, -0.1) is 5.10 Å². The molecule has 2 N–H and O–H groups in total. The molecule has 0 fully saturated rings. The van der Waals surface area contributed by atoms with Gasteiger partial charge in [0.1, 0.15) is 11.5 Å². The molecule has 0 saturated heterocycles. The summed E-state index contributed by atoms with van der Waals surface area (Å²) in [5.74, 6) is 1.34. The fourth-order valence-corrected chi connectivity index (χ4v) is 3.18. The van der Waals surface area contributed by atoms with Crippen molar-refractivity contribution in [3.63, 3.8) is 0 Å². The van der Waals surface area contributed by atoms with Crippen molar-refractivity contribution < 1.29 is 10.2 Å². The highest BCUT2D eigenvalue weighted by Crippen LogP contribution is 2.22. The summed E-state index contributed by atoms with van der Waals surface area (Å²) in [6, 6.07) is 21.4. The van der Waals surface area contributed by atoms with Gasteiger partial charge in [-0.3, -0.25) is 0 Å². The maximum Gasteiger partial charge on any atom is 0.269 e. The Morgan fingerprint density at radius 3 is 2.16 bits per heavy atom. The van der Waals surface area contributed by atoms with Crippen molar-refractivity contribution >= 4 is 40.9 Å². The molecule has 0 aliphatic rings. The Morgan fingerprint density at radius 1 is 0.742 bits per heavy atom. The summed E-state index contributed by atoms with van der Waals surface area (Å²) in [5, 5.41) is 24.3. The predicted molar refractivity (Wildman–Crippen MR) is 121 cm³/mol. The number of phenolic OH excluding ortho intramolecular Hbond substituents is 2. The third-order valence-electron chi connectivity index (χ3n) is 4.73. The van der Waals surface area contributed by atoms with Gasteiger partial charge >= 0.3 is 0 Å². The number of aromatic hydroxyl groups is 2. The maximum atomic E-state index is 9.47. The van der Waals surface area contributed by atoms with Gasteiger partial charge < -0.3 is 10.2 Å². The number of aliphatic imine (C=N–C) groups is 1. The number of hydrogen-bond donors (Lipinski definition) is 2. The third-order valence-corrected chi connectivity index (χ3v) is 4.73. The zero-order valence-electron chi connectivity index (χ0n) is 16.3. The van der Waals surface area contributed by atoms with Crippen LogP contribution in [0.5, 0.6) is 11.5 Å². The normalized spacial score (nSPS) is 11.9. The van der Waals surface area contributed by atoms with Gasteiger partial charge in [0.05, 0.1) is 5.52 Å². The lowest BCUT2D eigenvalue weighted by Crippen LogP contribution is -1.98. The van der Waals surface area contributed by atoms with E-state index < -0.39 is 0 Å². The van der Waals surface area contributed by atoms with Crippen LogP contribution in [0.4, 0.5) is 5.95 Å². The molecule has 0 aliphatic heterocycles. The van der Waals surface area contributed by atoms with Gasteiger partial charge in [-0.25, -0.2) is 9.98 Å². The predicted octanol–water partition coefficient (Wildman–Crippen LogP) is 4.61. The van der Waals surface area contributed by atoms with Crippen LogP contribution in [0.2, 0.25) is 0 Å². The van der Waals surface area contributed by atoms with Crippen LogP contribution in [0.1, 0.15) is 17.0 Å². The van der Waals surface area contributed by atoms with Crippen molar-refractivity contribution in [3.05, 3.63) is 89.7 Å². The molecule has 7 nitrogen and oxygen atoms in total. The molecule has 5 aromatic rings. The molecule has 0 atom stereocenters. The second-order valence-corrected chi connectivity index (χ2v) is 6.91. The van der Waals surface area contributed by atoms with Gasteiger partial charge in [0.15, 0.2) is 11.5 Å². The Kier molecular flexibility index (Phi) is 4.61. The minimum atomic E-state index is 0.200. The number of fused-ring (bicyclic) bond motifs is 3. The van der Waals surface area contributed by atoms with E-state index in [0.717, 1.165) is 22.0 Å². The summed E-state index contributed by atoms with van der Waals surface area (Å²) in [4.78, 5) is 13.7. The third kappa shape index (κ3) is 3.84. The van der Waals surface area contributed by atoms with E-state index in [-0.39, 0.29) is 11.5 Å². The topological polar surface area (TPSA) is 95.9 Å². The molecule has 2 aromatic heterocycles. The van der Waals surface area contributed by atoms with Crippen LogP contribution in [0.25, 0.3) is 28.7 Å². The lowest BCUT2D eigenvalue weighted by Gasteiger charge is -2.02. The van der Waals surface area contributed by atoms with Crippen molar-refractivity contribution in [2.45, 2.75) is 0 Å². The maximum absolute atomic E-state index is 9.47. The summed E-state index contributed by atoms with van der Waals surface area (Å²) in [6.07, 6.45) is 5.40. The van der Waals surface area contributed by atoms with E-state index in [0.29, 0.717) is 17.4 Å². The molecule has 0 unspecified atom stereocenters. The highest BCUT2D eigenvalue weighted by molar-refractivity contribution is 5.92. The van der Waals surface area contributed by atoms with Crippen molar-refractivity contribution in [2.75, 3.05) is 0 Å². The molecule has 5 rings (SSSR count). The van der Waals surface area contributed by atoms with Crippen LogP contribution in [0.3, 0.4) is 0 Å². The Balaban J connectivity index is 1.59. The van der Waals surface area contributed by atoms with Crippen molar-refractivity contribution in [3.8, 4) is 11.5 Å². The molecule has 7 heteroatoms. The second-order valence-electron chi connectivity index (χ2n) is 6.91. The molecule has 0 radical (unpaired) electrons. The average molecular weight is 407 g/mol. The lowest BCUT2D eigenvalue weighted by molar-refractivity contribution is 0.474. The van der Waals surface area contributed by atoms with Gasteiger partial charge in [0.25, 0.3) is 5.95 Å². The van der Waals surface area contributed by atoms with Gasteiger partial charge in [-0.2, -0.15) is 9.50 Å². The first-order chi connectivity index (χ1) is 15.2. The fourth-order valence-electron chi connectivity index (χ4n) is 3.18. The molecule has 150 valence electrons. The van der Waals surface area contributed by atoms with Crippen molar-refractivity contribution in [2.24, 2.45) is 4.99 Å². The summed E-state index contributed by atoms with van der Waals surface area (Å²) in [7, 11) is 0. The highest BCUT2D eigenvalue weighted by atomic mass is 16.3. The number of benzene rings is 3. The Bertz CT molecular complexity index is 1440. The van der Waals surface area contributed by atoms with E-state index in [1.807, 2.05) is 48.6 Å². The van der Waals surface area contributed by atoms with Crippen molar-refractivity contribution in [1.29, 1.82) is 0 Å². The molecular weight excluding hydrogens is 390 g/mol. The molecule has 31 heavy (non-hydrogen) atoms. The van der Waals surface area contributed by atoms with E-state index in [1.54, 1.807) is 47.1 Å². The monoisotopic (exact) mass is 407 g/mol. The number of aromatic nitrogens is 4. The average Bonchev–Trinajstić information content (AvgIpc) is 3.23. The van der Waals surface area contributed by atoms with Crippen LogP contribution in [0.15, 0.2) is 77.8 Å². The number of phenols is 2. The standard InChI is InChI=1S/C24H17N5O2/c30-18-10-5-16(6-11-18)9-14-22-26-21-4-2-1-3-20(21)23-27-24(28-29(22)23)25-15-17-7-12-19(31)13-8-17/h1-15,30-31H. The highest BCUT2D eigenvalue weighted by Gasteiger charge is 2.11. The van der Waals surface area contributed by atoms with Crippen LogP contribution in [0, 0.1) is 0 Å². The summed E-state index contributed by atoms with van der Waals surface area (Å²) < 4.78 is 1.67. The lowest BCUT2D eigenvalue weighted by atomic mass is 10.2. The van der Waals surface area contributed by atoms with Gasteiger partial charge in [0.2, 0.25) is 0 Å². The second kappa shape index (κ2) is 7.72. The number of para-hydroxylation sites is 1. The summed E-state index contributed by atoms with van der Waals surface area (Å²) >= 11 is 0. The fraction of sp³-hybridized carbons (Fsp3) is 0. The first kappa shape index (κ1) is 18.5. The van der Waals surface area contributed by atoms with Crippen LogP contribution in [-0.2, 0) is 0 Å². The van der Waals surface area contributed by atoms with Gasteiger partial charge in [0, 0.05) is 11.6 Å². The quantitative estimate of drug-likeness (QED) is 0.424. The molecule has 0 aliphatic carbocycles. The van der Waals surface area contributed by atoms with E-state index in [1.165, 1.54) is 0 Å². The molecule has 0 amide bonds. The molecule has 2 heterocycles. The van der Waals surface area contributed by atoms with Crippen LogP contribution < -0.4 is 0 Å². The minimum Gasteiger partial charge on any atom is -0.508 e. The summed E-state index contributed by atoms with van der Waals surface area (Å²) in [6.45, 7) is 0. The Hall–Kier alpha value is -4.52. The zero-order valence-corrected chi connectivity index (χ0v) is 16.3. The molecule has 0 bridgehead atoms. The SMILES string of the molecule is Oc1ccc(C=Cc2nc3ccccc3c3nc(N=Cc4ccc(O)cc4)nn23)cc1. The van der Waals surface area contributed by atoms with E-state index in [4.69, 9.17) is 4.98 Å². The number of nitrogens with zero attached hydrogens (tertiary/aromatic N) is 5. The first-order valence-electron chi connectivity index (χ1n) is 9.61. The van der Waals surface area contributed by atoms with Gasteiger partial charge in [-0.1, -0.05) is 30.3 Å².